The highest BCUT2D eigenvalue weighted by atomic mass is 16.3. The van der Waals surface area contributed by atoms with Crippen molar-refractivity contribution in [2.24, 2.45) is 5.92 Å². The molecule has 0 radical (unpaired) electrons. The summed E-state index contributed by atoms with van der Waals surface area (Å²) in [6, 6.07) is 9.29. The van der Waals surface area contributed by atoms with Crippen molar-refractivity contribution in [2.45, 2.75) is 45.8 Å². The molecule has 25 heavy (non-hydrogen) atoms. The van der Waals surface area contributed by atoms with Crippen molar-refractivity contribution in [1.82, 2.24) is 16.0 Å². The third-order valence-electron chi connectivity index (χ3n) is 3.78. The molecule has 6 heteroatoms. The molecule has 6 nitrogen and oxygen atoms in total. The maximum absolute atomic E-state index is 12.1. The molecule has 1 aromatic carbocycles. The third-order valence-corrected chi connectivity index (χ3v) is 3.78. The summed E-state index contributed by atoms with van der Waals surface area (Å²) in [5.74, 6) is 0.0122. The van der Waals surface area contributed by atoms with Crippen LogP contribution in [0.25, 0.3) is 0 Å². The molecular formula is C19H31N3O3. The summed E-state index contributed by atoms with van der Waals surface area (Å²) in [6.07, 6.45) is 0.145. The van der Waals surface area contributed by atoms with Crippen LogP contribution in [0.15, 0.2) is 30.3 Å². The molecule has 0 saturated heterocycles. The average molecular weight is 349 g/mol. The Labute approximate surface area is 150 Å². The zero-order valence-corrected chi connectivity index (χ0v) is 15.4. The second-order valence-corrected chi connectivity index (χ2v) is 6.61. The van der Waals surface area contributed by atoms with Gasteiger partial charge in [0, 0.05) is 13.0 Å². The summed E-state index contributed by atoms with van der Waals surface area (Å²) in [4.78, 5) is 23.4. The number of amides is 2. The van der Waals surface area contributed by atoms with E-state index in [-0.39, 0.29) is 18.4 Å². The number of rotatable bonds is 11. The van der Waals surface area contributed by atoms with Gasteiger partial charge in [0.15, 0.2) is 0 Å². The van der Waals surface area contributed by atoms with E-state index in [2.05, 4.69) is 29.8 Å². The summed E-state index contributed by atoms with van der Waals surface area (Å²) in [5, 5.41) is 19.1. The van der Waals surface area contributed by atoms with Gasteiger partial charge in [-0.1, -0.05) is 51.1 Å². The van der Waals surface area contributed by atoms with Crippen LogP contribution in [-0.4, -0.2) is 48.7 Å². The predicted octanol–water partition coefficient (Wildman–Crippen LogP) is 0.847. The molecule has 0 unspecified atom stereocenters. The van der Waals surface area contributed by atoms with Crippen molar-refractivity contribution < 1.29 is 14.7 Å². The molecule has 0 spiro atoms. The van der Waals surface area contributed by atoms with Crippen LogP contribution in [0.2, 0.25) is 0 Å². The fourth-order valence-corrected chi connectivity index (χ4v) is 2.38. The van der Waals surface area contributed by atoms with Crippen LogP contribution in [0.3, 0.4) is 0 Å². The predicted molar refractivity (Wildman–Crippen MR) is 99.1 cm³/mol. The number of carbonyl (C=O) groups is 2. The highest BCUT2D eigenvalue weighted by molar-refractivity contribution is 5.84. The van der Waals surface area contributed by atoms with Crippen LogP contribution in [-0.2, 0) is 16.0 Å². The van der Waals surface area contributed by atoms with Gasteiger partial charge < -0.3 is 21.1 Å². The largest absolute Gasteiger partial charge is 0.390 e. The van der Waals surface area contributed by atoms with Crippen LogP contribution in [0.4, 0.5) is 0 Å². The zero-order valence-electron chi connectivity index (χ0n) is 15.4. The number of carbonyl (C=O) groups excluding carboxylic acids is 2. The van der Waals surface area contributed by atoms with Gasteiger partial charge in [0.1, 0.15) is 0 Å². The van der Waals surface area contributed by atoms with Gasteiger partial charge in [-0.25, -0.2) is 0 Å². The molecule has 0 heterocycles. The van der Waals surface area contributed by atoms with E-state index in [1.807, 2.05) is 30.3 Å². The van der Waals surface area contributed by atoms with Gasteiger partial charge in [-0.05, 0) is 24.4 Å². The van der Waals surface area contributed by atoms with Crippen LogP contribution in [0.1, 0.15) is 32.8 Å². The van der Waals surface area contributed by atoms with Gasteiger partial charge in [-0.15, -0.1) is 0 Å². The Morgan fingerprint density at radius 3 is 2.36 bits per heavy atom. The first-order valence-electron chi connectivity index (χ1n) is 8.91. The number of aliphatic hydroxyl groups is 1. The van der Waals surface area contributed by atoms with Crippen molar-refractivity contribution in [3.05, 3.63) is 35.9 Å². The van der Waals surface area contributed by atoms with Crippen LogP contribution < -0.4 is 16.0 Å². The van der Waals surface area contributed by atoms with Gasteiger partial charge in [-0.3, -0.25) is 9.59 Å². The Kier molecular flexibility index (Phi) is 9.80. The number of benzene rings is 1. The summed E-state index contributed by atoms with van der Waals surface area (Å²) in [6.45, 7) is 7.05. The van der Waals surface area contributed by atoms with Gasteiger partial charge in [-0.2, -0.15) is 0 Å². The maximum Gasteiger partial charge on any atom is 0.239 e. The van der Waals surface area contributed by atoms with Crippen molar-refractivity contribution in [3.63, 3.8) is 0 Å². The Morgan fingerprint density at radius 1 is 1.08 bits per heavy atom. The van der Waals surface area contributed by atoms with E-state index in [0.29, 0.717) is 25.3 Å². The molecule has 0 bridgehead atoms. The van der Waals surface area contributed by atoms with E-state index in [9.17, 15) is 14.7 Å². The number of aliphatic hydroxyl groups excluding tert-OH is 1. The second-order valence-electron chi connectivity index (χ2n) is 6.61. The molecule has 4 N–H and O–H groups in total. The minimum absolute atomic E-state index is 0.0793. The smallest absolute Gasteiger partial charge is 0.239 e. The Hall–Kier alpha value is -1.92. The zero-order chi connectivity index (χ0) is 18.7. The Morgan fingerprint density at radius 2 is 1.76 bits per heavy atom. The molecular weight excluding hydrogens is 318 g/mol. The summed E-state index contributed by atoms with van der Waals surface area (Å²) in [7, 11) is 0. The normalized spacial score (nSPS) is 13.3. The van der Waals surface area contributed by atoms with E-state index in [0.717, 1.165) is 12.1 Å². The second kappa shape index (κ2) is 11.6. The van der Waals surface area contributed by atoms with E-state index in [1.165, 1.54) is 0 Å². The van der Waals surface area contributed by atoms with Crippen LogP contribution in [0.5, 0.6) is 0 Å². The Bertz CT molecular complexity index is 520. The summed E-state index contributed by atoms with van der Waals surface area (Å²) >= 11 is 0. The first-order chi connectivity index (χ1) is 11.9. The molecule has 2 amide bonds. The molecule has 0 aromatic heterocycles. The van der Waals surface area contributed by atoms with Crippen LogP contribution >= 0.6 is 0 Å². The first-order valence-corrected chi connectivity index (χ1v) is 8.91. The minimum Gasteiger partial charge on any atom is -0.390 e. The molecule has 0 aliphatic carbocycles. The molecule has 1 aromatic rings. The first kappa shape index (κ1) is 21.1. The molecule has 0 aliphatic rings. The van der Waals surface area contributed by atoms with E-state index in [4.69, 9.17) is 0 Å². The third kappa shape index (κ3) is 9.22. The lowest BCUT2D eigenvalue weighted by Crippen LogP contribution is -2.51. The minimum atomic E-state index is -0.718. The number of hydrogen-bond acceptors (Lipinski definition) is 4. The molecule has 1 rings (SSSR count). The fraction of sp³-hybridized carbons (Fsp3) is 0.579. The quantitative estimate of drug-likeness (QED) is 0.477. The molecule has 2 atom stereocenters. The number of hydrogen-bond donors (Lipinski definition) is 4. The maximum atomic E-state index is 12.1. The SMILES string of the molecule is CCC(=O)NCC(=O)N[C@@H](Cc1ccccc1)[C@H](O)CNCC(C)C. The molecule has 0 aliphatic heterocycles. The molecule has 0 fully saturated rings. The van der Waals surface area contributed by atoms with Crippen molar-refractivity contribution in [3.8, 4) is 0 Å². The van der Waals surface area contributed by atoms with Gasteiger partial charge >= 0.3 is 0 Å². The summed E-state index contributed by atoms with van der Waals surface area (Å²) in [5.41, 5.74) is 1.04. The summed E-state index contributed by atoms with van der Waals surface area (Å²) < 4.78 is 0. The van der Waals surface area contributed by atoms with Crippen LogP contribution in [0, 0.1) is 5.92 Å². The lowest BCUT2D eigenvalue weighted by Gasteiger charge is -2.25. The van der Waals surface area contributed by atoms with Crippen molar-refractivity contribution >= 4 is 11.8 Å². The number of nitrogens with one attached hydrogen (secondary N) is 3. The fourth-order valence-electron chi connectivity index (χ4n) is 2.38. The van der Waals surface area contributed by atoms with E-state index >= 15 is 0 Å². The van der Waals surface area contributed by atoms with Crippen molar-refractivity contribution in [1.29, 1.82) is 0 Å². The highest BCUT2D eigenvalue weighted by Crippen LogP contribution is 2.06. The van der Waals surface area contributed by atoms with Gasteiger partial charge in [0.2, 0.25) is 11.8 Å². The monoisotopic (exact) mass is 349 g/mol. The topological polar surface area (TPSA) is 90.5 Å². The molecule has 140 valence electrons. The van der Waals surface area contributed by atoms with Gasteiger partial charge in [0.25, 0.3) is 0 Å². The van der Waals surface area contributed by atoms with E-state index in [1.54, 1.807) is 6.92 Å². The average Bonchev–Trinajstić information content (AvgIpc) is 2.59. The Balaban J connectivity index is 2.63. The van der Waals surface area contributed by atoms with Gasteiger partial charge in [0.05, 0.1) is 18.7 Å². The standard InChI is InChI=1S/C19H31N3O3/c1-4-18(24)21-13-19(25)22-16(10-15-8-6-5-7-9-15)17(23)12-20-11-14(2)3/h5-9,14,16-17,20,23H,4,10-13H2,1-3H3,(H,21,24)(H,22,25)/t16-,17+/m0/s1. The van der Waals surface area contributed by atoms with E-state index < -0.39 is 12.1 Å². The lowest BCUT2D eigenvalue weighted by atomic mass is 10.0. The lowest BCUT2D eigenvalue weighted by molar-refractivity contribution is -0.126. The van der Waals surface area contributed by atoms with Crippen molar-refractivity contribution in [2.75, 3.05) is 19.6 Å². The molecule has 0 saturated carbocycles. The highest BCUT2D eigenvalue weighted by Gasteiger charge is 2.21.